The molecule has 1 saturated carbocycles. The molecular weight excluding hydrogens is 436 g/mol. The average Bonchev–Trinajstić information content (AvgIpc) is 3.14. The number of fused-ring (bicyclic) bond motifs is 1. The van der Waals surface area contributed by atoms with Crippen molar-refractivity contribution in [2.24, 2.45) is 5.92 Å². The zero-order valence-corrected chi connectivity index (χ0v) is 20.2. The van der Waals surface area contributed by atoms with Crippen LogP contribution in [0.4, 0.5) is 0 Å². The van der Waals surface area contributed by atoms with Crippen molar-refractivity contribution in [2.45, 2.75) is 79.7 Å². The lowest BCUT2D eigenvalue weighted by atomic mass is 9.81. The zero-order chi connectivity index (χ0) is 21.8. The smallest absolute Gasteiger partial charge is 0.251 e. The number of hydrogen-bond donors (Lipinski definition) is 1. The Morgan fingerprint density at radius 1 is 1.19 bits per heavy atom. The molecule has 0 aromatic rings. The summed E-state index contributed by atoms with van der Waals surface area (Å²) in [5.74, 6) is 0.686. The number of likely N-dealkylation sites (tertiary alicyclic amines) is 1. The molecule has 4 aliphatic heterocycles. The molecule has 5 aliphatic rings. The molecule has 31 heavy (non-hydrogen) atoms. The van der Waals surface area contributed by atoms with Gasteiger partial charge in [-0.3, -0.25) is 19.8 Å². The van der Waals surface area contributed by atoms with Crippen molar-refractivity contribution in [3.63, 3.8) is 0 Å². The minimum Gasteiger partial charge on any atom is -0.380 e. The minimum atomic E-state index is -0.704. The highest BCUT2D eigenvalue weighted by Gasteiger charge is 2.62. The summed E-state index contributed by atoms with van der Waals surface area (Å²) < 4.78 is 5.65. The molecule has 3 atom stereocenters. The van der Waals surface area contributed by atoms with E-state index in [1.165, 1.54) is 0 Å². The fraction of sp³-hybridized carbons (Fsp3) is 0.909. The first-order valence-electron chi connectivity index (χ1n) is 11.9. The van der Waals surface area contributed by atoms with Gasteiger partial charge in [-0.15, -0.1) is 23.4 Å². The maximum absolute atomic E-state index is 13.7. The van der Waals surface area contributed by atoms with E-state index in [-0.39, 0.29) is 35.3 Å². The number of hydrogen-bond acceptors (Lipinski definition) is 6. The Hall–Kier alpha value is -0.540. The summed E-state index contributed by atoms with van der Waals surface area (Å²) in [5, 5.41) is 4.48. The predicted molar refractivity (Wildman–Crippen MR) is 122 cm³/mol. The van der Waals surface area contributed by atoms with Gasteiger partial charge in [0.05, 0.1) is 6.61 Å². The van der Waals surface area contributed by atoms with Crippen LogP contribution < -0.4 is 5.32 Å². The van der Waals surface area contributed by atoms with Gasteiger partial charge in [0.2, 0.25) is 5.91 Å². The Bertz CT molecular complexity index is 697. The second-order valence-corrected chi connectivity index (χ2v) is 12.2. The highest BCUT2D eigenvalue weighted by atomic mass is 35.5. The summed E-state index contributed by atoms with van der Waals surface area (Å²) in [6.45, 7) is 7.77. The molecule has 0 aromatic heterocycles. The molecule has 1 aliphatic carbocycles. The van der Waals surface area contributed by atoms with Crippen molar-refractivity contribution in [3.8, 4) is 0 Å². The summed E-state index contributed by atoms with van der Waals surface area (Å²) >= 11 is 8.22. The van der Waals surface area contributed by atoms with E-state index in [1.54, 1.807) is 4.90 Å². The third-order valence-corrected chi connectivity index (χ3v) is 9.79. The number of carbonyl (C=O) groups is 2. The van der Waals surface area contributed by atoms with Crippen molar-refractivity contribution < 1.29 is 14.3 Å². The van der Waals surface area contributed by atoms with Gasteiger partial charge >= 0.3 is 0 Å². The van der Waals surface area contributed by atoms with E-state index in [4.69, 9.17) is 16.3 Å². The van der Waals surface area contributed by atoms with Crippen LogP contribution >= 0.6 is 23.4 Å². The van der Waals surface area contributed by atoms with Crippen molar-refractivity contribution in [3.05, 3.63) is 0 Å². The van der Waals surface area contributed by atoms with E-state index >= 15 is 0 Å². The molecule has 9 heteroatoms. The van der Waals surface area contributed by atoms with Crippen LogP contribution in [0.5, 0.6) is 0 Å². The Balaban J connectivity index is 1.31. The molecule has 4 saturated heterocycles. The quantitative estimate of drug-likeness (QED) is 0.631. The molecular formula is C22H35ClN4O3S. The molecule has 0 radical (unpaired) electrons. The topological polar surface area (TPSA) is 65.1 Å². The lowest BCUT2D eigenvalue weighted by Crippen LogP contribution is -2.82. The summed E-state index contributed by atoms with van der Waals surface area (Å²) in [6, 6.07) is 0.521. The second-order valence-electron chi connectivity index (χ2n) is 10.2. The first-order valence-corrected chi connectivity index (χ1v) is 13.2. The highest BCUT2D eigenvalue weighted by Crippen LogP contribution is 2.42. The molecule has 5 fully saturated rings. The summed E-state index contributed by atoms with van der Waals surface area (Å²) in [7, 11) is 0. The Labute approximate surface area is 194 Å². The largest absolute Gasteiger partial charge is 0.380 e. The predicted octanol–water partition coefficient (Wildman–Crippen LogP) is 1.70. The molecule has 4 heterocycles. The molecule has 2 amide bonds. The van der Waals surface area contributed by atoms with E-state index in [2.05, 4.69) is 10.2 Å². The van der Waals surface area contributed by atoms with Gasteiger partial charge in [0.1, 0.15) is 17.6 Å². The van der Waals surface area contributed by atoms with Crippen LogP contribution in [0.1, 0.15) is 46.0 Å². The minimum absolute atomic E-state index is 0.0372. The molecule has 5 rings (SSSR count). The number of ether oxygens (including phenoxy) is 1. The van der Waals surface area contributed by atoms with E-state index in [0.29, 0.717) is 36.8 Å². The van der Waals surface area contributed by atoms with Crippen molar-refractivity contribution in [2.75, 3.05) is 39.4 Å². The van der Waals surface area contributed by atoms with Gasteiger partial charge in [-0.05, 0) is 51.9 Å². The number of alkyl halides is 1. The number of nitrogens with one attached hydrogen (secondary N) is 1. The summed E-state index contributed by atoms with van der Waals surface area (Å²) in [4.78, 5) is 33.0. The van der Waals surface area contributed by atoms with Crippen LogP contribution in [0.25, 0.3) is 0 Å². The number of carbonyl (C=O) groups excluding carboxylic acids is 2. The van der Waals surface area contributed by atoms with E-state index in [9.17, 15) is 9.59 Å². The van der Waals surface area contributed by atoms with Gasteiger partial charge in [0.25, 0.3) is 5.91 Å². The fourth-order valence-corrected chi connectivity index (χ4v) is 7.63. The number of thioether (sulfide) groups is 1. The van der Waals surface area contributed by atoms with Gasteiger partial charge < -0.3 is 14.5 Å². The number of halogens is 1. The first-order chi connectivity index (χ1) is 14.9. The fourth-order valence-electron chi connectivity index (χ4n) is 5.89. The van der Waals surface area contributed by atoms with Crippen LogP contribution in [0, 0.1) is 5.92 Å². The summed E-state index contributed by atoms with van der Waals surface area (Å²) in [5.41, 5.74) is -0.502. The molecule has 1 spiro atoms. The molecule has 0 bridgehead atoms. The van der Waals surface area contributed by atoms with Crippen LogP contribution in [-0.2, 0) is 14.3 Å². The van der Waals surface area contributed by atoms with Gasteiger partial charge in [-0.1, -0.05) is 0 Å². The van der Waals surface area contributed by atoms with Crippen LogP contribution in [0.2, 0.25) is 0 Å². The van der Waals surface area contributed by atoms with Gasteiger partial charge in [0.15, 0.2) is 0 Å². The monoisotopic (exact) mass is 470 g/mol. The number of nitrogens with zero attached hydrogens (tertiary/aromatic N) is 3. The van der Waals surface area contributed by atoms with Crippen molar-refractivity contribution in [1.82, 2.24) is 20.0 Å². The lowest BCUT2D eigenvalue weighted by Gasteiger charge is -2.60. The number of rotatable bonds is 4. The third-order valence-electron chi connectivity index (χ3n) is 7.85. The Morgan fingerprint density at radius 2 is 1.94 bits per heavy atom. The van der Waals surface area contributed by atoms with Crippen molar-refractivity contribution in [1.29, 1.82) is 0 Å². The third kappa shape index (κ3) is 4.01. The van der Waals surface area contributed by atoms with Gasteiger partial charge in [-0.2, -0.15) is 0 Å². The van der Waals surface area contributed by atoms with Crippen LogP contribution in [-0.4, -0.2) is 99.7 Å². The Kier molecular flexibility index (Phi) is 6.23. The molecule has 0 aromatic carbocycles. The SMILES string of the molecule is CC(C)N1CC(=O)N(CC2CCC(Cl)CC2)C2(CN(C3NC4CCOCC4S3)C2)C1=O. The first kappa shape index (κ1) is 22.3. The van der Waals surface area contributed by atoms with Crippen LogP contribution in [0.3, 0.4) is 0 Å². The Morgan fingerprint density at radius 3 is 2.61 bits per heavy atom. The maximum Gasteiger partial charge on any atom is 0.251 e. The molecule has 174 valence electrons. The summed E-state index contributed by atoms with van der Waals surface area (Å²) in [6.07, 6.45) is 5.15. The average molecular weight is 471 g/mol. The molecule has 3 unspecified atom stereocenters. The molecule has 7 nitrogen and oxygen atoms in total. The maximum atomic E-state index is 13.7. The van der Waals surface area contributed by atoms with Gasteiger partial charge in [0, 0.05) is 49.0 Å². The normalized spacial score (nSPS) is 38.6. The van der Waals surface area contributed by atoms with Gasteiger partial charge in [-0.25, -0.2) is 0 Å². The van der Waals surface area contributed by atoms with Crippen molar-refractivity contribution >= 4 is 35.2 Å². The standard InChI is InChI=1S/C22H35ClN4O3S/c1-14(2)26-10-19(28)27(9-15-3-5-16(23)6-4-15)22(20(26)29)12-25(13-22)21-24-17-7-8-30-11-18(17)31-21/h14-18,21,24H,3-13H2,1-2H3. The van der Waals surface area contributed by atoms with E-state index in [0.717, 1.165) is 45.3 Å². The zero-order valence-electron chi connectivity index (χ0n) is 18.6. The number of amides is 2. The lowest BCUT2D eigenvalue weighted by molar-refractivity contribution is -0.182. The molecule has 1 N–H and O–H groups in total. The van der Waals surface area contributed by atoms with E-state index < -0.39 is 5.54 Å². The highest BCUT2D eigenvalue weighted by molar-refractivity contribution is 8.00. The number of piperazine rings is 1. The second kappa shape index (κ2) is 8.67. The van der Waals surface area contributed by atoms with Crippen LogP contribution in [0.15, 0.2) is 0 Å². The van der Waals surface area contributed by atoms with E-state index in [1.807, 2.05) is 30.5 Å².